The fourth-order valence-electron chi connectivity index (χ4n) is 4.09. The summed E-state index contributed by atoms with van der Waals surface area (Å²) >= 11 is 1.62. The number of aromatic nitrogens is 4. The zero-order valence-corrected chi connectivity index (χ0v) is 18.1. The number of nitrogens with zero attached hydrogens (tertiary/aromatic N) is 4. The van der Waals surface area contributed by atoms with E-state index in [9.17, 15) is 4.79 Å². The van der Waals surface area contributed by atoms with E-state index in [0.717, 1.165) is 41.1 Å². The molecule has 1 unspecified atom stereocenters. The van der Waals surface area contributed by atoms with Gasteiger partial charge in [-0.05, 0) is 48.8 Å². The fourth-order valence-corrected chi connectivity index (χ4v) is 4.78. The highest BCUT2D eigenvalue weighted by Gasteiger charge is 2.27. The van der Waals surface area contributed by atoms with Crippen molar-refractivity contribution < 1.29 is 9.32 Å². The first-order valence-electron chi connectivity index (χ1n) is 10.4. The molecule has 5 rings (SSSR count). The lowest BCUT2D eigenvalue weighted by Gasteiger charge is -2.31. The highest BCUT2D eigenvalue weighted by Crippen LogP contribution is 2.26. The molecule has 8 heteroatoms. The number of nitrogens with one attached hydrogen (secondary N) is 1. The van der Waals surface area contributed by atoms with Gasteiger partial charge in [-0.2, -0.15) is 10.1 Å². The van der Waals surface area contributed by atoms with Crippen molar-refractivity contribution in [2.24, 2.45) is 5.92 Å². The molecule has 0 radical (unpaired) electrons. The van der Waals surface area contributed by atoms with Gasteiger partial charge in [-0.3, -0.25) is 9.89 Å². The second-order valence-electron chi connectivity index (χ2n) is 7.93. The normalized spacial score (nSPS) is 16.5. The van der Waals surface area contributed by atoms with Gasteiger partial charge in [0.1, 0.15) is 0 Å². The SMILES string of the molecule is Cc1ccccc1-c1noc(CC2CCCN(C(=O)c3cc(-c4cccs4)[nH]n3)C2)n1. The van der Waals surface area contributed by atoms with E-state index in [1.807, 2.05) is 59.7 Å². The summed E-state index contributed by atoms with van der Waals surface area (Å²) < 4.78 is 5.52. The summed E-state index contributed by atoms with van der Waals surface area (Å²) in [7, 11) is 0. The molecule has 0 saturated carbocycles. The molecule has 3 aromatic heterocycles. The number of aryl methyl sites for hydroxylation is 1. The van der Waals surface area contributed by atoms with Crippen molar-refractivity contribution in [1.82, 2.24) is 25.2 Å². The Balaban J connectivity index is 1.25. The Bertz CT molecular complexity index is 1180. The Labute approximate surface area is 184 Å². The van der Waals surface area contributed by atoms with Crippen molar-refractivity contribution in [3.8, 4) is 22.0 Å². The maximum atomic E-state index is 13.0. The van der Waals surface area contributed by atoms with E-state index >= 15 is 0 Å². The van der Waals surface area contributed by atoms with Crippen molar-refractivity contribution in [3.05, 3.63) is 65.0 Å². The topological polar surface area (TPSA) is 87.9 Å². The summed E-state index contributed by atoms with van der Waals surface area (Å²) in [5.74, 6) is 1.50. The van der Waals surface area contributed by atoms with Crippen LogP contribution in [0.4, 0.5) is 0 Å². The Morgan fingerprint density at radius 3 is 3.03 bits per heavy atom. The highest BCUT2D eigenvalue weighted by molar-refractivity contribution is 7.13. The molecule has 1 aromatic carbocycles. The lowest BCUT2D eigenvalue weighted by atomic mass is 9.94. The number of carbonyl (C=O) groups excluding carboxylic acids is 1. The number of amides is 1. The number of thiophene rings is 1. The van der Waals surface area contributed by atoms with Gasteiger partial charge in [0.05, 0.1) is 10.6 Å². The number of benzene rings is 1. The first-order valence-corrected chi connectivity index (χ1v) is 11.3. The fraction of sp³-hybridized carbons (Fsp3) is 0.304. The molecule has 4 heterocycles. The Morgan fingerprint density at radius 2 is 2.19 bits per heavy atom. The van der Waals surface area contributed by atoms with Gasteiger partial charge >= 0.3 is 0 Å². The number of H-pyrrole nitrogens is 1. The van der Waals surface area contributed by atoms with E-state index in [1.54, 1.807) is 11.3 Å². The summed E-state index contributed by atoms with van der Waals surface area (Å²) in [5, 5.41) is 13.4. The van der Waals surface area contributed by atoms with E-state index in [4.69, 9.17) is 4.52 Å². The molecule has 1 aliphatic rings. The molecular formula is C23H23N5O2S. The van der Waals surface area contributed by atoms with Crippen LogP contribution in [-0.2, 0) is 6.42 Å². The summed E-state index contributed by atoms with van der Waals surface area (Å²) in [4.78, 5) is 20.6. The average molecular weight is 434 g/mol. The molecule has 4 aromatic rings. The molecule has 0 bridgehead atoms. The molecule has 0 aliphatic carbocycles. The van der Waals surface area contributed by atoms with E-state index < -0.39 is 0 Å². The molecule has 7 nitrogen and oxygen atoms in total. The average Bonchev–Trinajstić information content (AvgIpc) is 3.55. The molecule has 0 spiro atoms. The third-order valence-electron chi connectivity index (χ3n) is 5.71. The Kier molecular flexibility index (Phi) is 5.38. The van der Waals surface area contributed by atoms with Crippen LogP contribution in [-0.4, -0.2) is 44.2 Å². The molecule has 1 atom stereocenters. The number of carbonyl (C=O) groups is 1. The van der Waals surface area contributed by atoms with Crippen LogP contribution in [0.2, 0.25) is 0 Å². The Morgan fingerprint density at radius 1 is 1.29 bits per heavy atom. The van der Waals surface area contributed by atoms with Crippen LogP contribution < -0.4 is 0 Å². The van der Waals surface area contributed by atoms with Crippen molar-refractivity contribution >= 4 is 17.2 Å². The first kappa shape index (κ1) is 19.7. The summed E-state index contributed by atoms with van der Waals surface area (Å²) in [6.07, 6.45) is 2.66. The number of hydrogen-bond donors (Lipinski definition) is 1. The van der Waals surface area contributed by atoms with Gasteiger partial charge in [-0.15, -0.1) is 11.3 Å². The first-order chi connectivity index (χ1) is 15.2. The number of piperidine rings is 1. The molecule has 1 aliphatic heterocycles. The van der Waals surface area contributed by atoms with Crippen LogP contribution in [0.15, 0.2) is 52.4 Å². The minimum absolute atomic E-state index is 0.0325. The lowest BCUT2D eigenvalue weighted by molar-refractivity contribution is 0.0662. The third-order valence-corrected chi connectivity index (χ3v) is 6.61. The van der Waals surface area contributed by atoms with Gasteiger partial charge in [-0.25, -0.2) is 0 Å². The number of hydrogen-bond acceptors (Lipinski definition) is 6. The predicted octanol–water partition coefficient (Wildman–Crippen LogP) is 4.59. The number of likely N-dealkylation sites (tertiary alicyclic amines) is 1. The standard InChI is InChI=1S/C23H23N5O2S/c1-15-6-2-3-8-17(15)22-24-21(30-27-22)12-16-7-4-10-28(14-16)23(29)19-13-18(25-26-19)20-9-5-11-31-20/h2-3,5-6,8-9,11,13,16H,4,7,10,12,14H2,1H3,(H,25,26). The van der Waals surface area contributed by atoms with E-state index in [1.165, 1.54) is 0 Å². The predicted molar refractivity (Wildman–Crippen MR) is 119 cm³/mol. The smallest absolute Gasteiger partial charge is 0.274 e. The Hall–Kier alpha value is -3.26. The van der Waals surface area contributed by atoms with Crippen LogP contribution in [0.3, 0.4) is 0 Å². The van der Waals surface area contributed by atoms with Crippen molar-refractivity contribution in [3.63, 3.8) is 0 Å². The second kappa shape index (κ2) is 8.47. The van der Waals surface area contributed by atoms with E-state index in [2.05, 4.69) is 20.3 Å². The molecular weight excluding hydrogens is 410 g/mol. The van der Waals surface area contributed by atoms with Gasteiger partial charge in [-0.1, -0.05) is 35.5 Å². The lowest BCUT2D eigenvalue weighted by Crippen LogP contribution is -2.40. The number of aromatic amines is 1. The molecule has 1 N–H and O–H groups in total. The minimum Gasteiger partial charge on any atom is -0.339 e. The molecule has 158 valence electrons. The van der Waals surface area contributed by atoms with Crippen molar-refractivity contribution in [2.75, 3.05) is 13.1 Å². The van der Waals surface area contributed by atoms with E-state index in [-0.39, 0.29) is 5.91 Å². The molecule has 1 saturated heterocycles. The van der Waals surface area contributed by atoms with Gasteiger partial charge in [0.25, 0.3) is 5.91 Å². The third kappa shape index (κ3) is 4.16. The van der Waals surface area contributed by atoms with Crippen molar-refractivity contribution in [2.45, 2.75) is 26.2 Å². The van der Waals surface area contributed by atoms with E-state index in [0.29, 0.717) is 36.3 Å². The van der Waals surface area contributed by atoms with Gasteiger partial charge in [0.2, 0.25) is 11.7 Å². The second-order valence-corrected chi connectivity index (χ2v) is 8.88. The van der Waals surface area contributed by atoms with Crippen LogP contribution in [0.1, 0.15) is 34.8 Å². The number of rotatable bonds is 5. The van der Waals surface area contributed by atoms with Crippen molar-refractivity contribution in [1.29, 1.82) is 0 Å². The van der Waals surface area contributed by atoms with Crippen LogP contribution >= 0.6 is 11.3 Å². The van der Waals surface area contributed by atoms with Gasteiger partial charge in [0, 0.05) is 25.1 Å². The quantitative estimate of drug-likeness (QED) is 0.497. The zero-order valence-electron chi connectivity index (χ0n) is 17.2. The molecule has 1 amide bonds. The monoisotopic (exact) mass is 433 g/mol. The maximum Gasteiger partial charge on any atom is 0.274 e. The van der Waals surface area contributed by atoms with Crippen LogP contribution in [0, 0.1) is 12.8 Å². The molecule has 1 fully saturated rings. The minimum atomic E-state index is -0.0325. The largest absolute Gasteiger partial charge is 0.339 e. The molecule has 31 heavy (non-hydrogen) atoms. The summed E-state index contributed by atoms with van der Waals surface area (Å²) in [5.41, 5.74) is 3.44. The van der Waals surface area contributed by atoms with Crippen LogP contribution in [0.5, 0.6) is 0 Å². The van der Waals surface area contributed by atoms with Gasteiger partial charge < -0.3 is 9.42 Å². The zero-order chi connectivity index (χ0) is 21.2. The summed E-state index contributed by atoms with van der Waals surface area (Å²) in [6.45, 7) is 3.45. The highest BCUT2D eigenvalue weighted by atomic mass is 32.1. The van der Waals surface area contributed by atoms with Crippen LogP contribution in [0.25, 0.3) is 22.0 Å². The maximum absolute atomic E-state index is 13.0. The van der Waals surface area contributed by atoms with Gasteiger partial charge in [0.15, 0.2) is 5.69 Å². The summed E-state index contributed by atoms with van der Waals surface area (Å²) in [6, 6.07) is 13.8.